The van der Waals surface area contributed by atoms with E-state index >= 15 is 0 Å². The summed E-state index contributed by atoms with van der Waals surface area (Å²) in [5.74, 6) is 0.0375. The minimum atomic E-state index is -4.86. The molecule has 29 heavy (non-hydrogen) atoms. The lowest BCUT2D eigenvalue weighted by Crippen LogP contribution is -2.21. The molecule has 0 bridgehead atoms. The number of anilines is 3. The molecule has 0 aliphatic rings. The van der Waals surface area contributed by atoms with Gasteiger partial charge in [0.05, 0.1) is 5.02 Å². The highest BCUT2D eigenvalue weighted by Crippen LogP contribution is 2.32. The van der Waals surface area contributed by atoms with E-state index in [1.54, 1.807) is 6.07 Å². The molecule has 1 heterocycles. The summed E-state index contributed by atoms with van der Waals surface area (Å²) in [5, 5.41) is 7.68. The zero-order valence-electron chi connectivity index (χ0n) is 15.7. The summed E-state index contributed by atoms with van der Waals surface area (Å²) in [4.78, 5) is 22.2. The zero-order chi connectivity index (χ0) is 21.4. The average Bonchev–Trinajstić information content (AvgIpc) is 2.60. The highest BCUT2D eigenvalue weighted by atomic mass is 35.5. The number of amides is 2. The third-order valence-corrected chi connectivity index (χ3v) is 3.68. The number of halogens is 4. The second-order valence-corrected chi connectivity index (χ2v) is 6.53. The fraction of sp³-hybridized carbons (Fsp3) is 0.353. The molecule has 0 saturated carbocycles. The van der Waals surface area contributed by atoms with Crippen molar-refractivity contribution in [3.05, 3.63) is 35.5 Å². The normalized spacial score (nSPS) is 11.3. The second kappa shape index (κ2) is 10.1. The molecule has 3 N–H and O–H groups in total. The van der Waals surface area contributed by atoms with Crippen LogP contribution in [0, 0.1) is 0 Å². The van der Waals surface area contributed by atoms with E-state index in [-0.39, 0.29) is 16.7 Å². The van der Waals surface area contributed by atoms with Gasteiger partial charge in [0.25, 0.3) is 0 Å². The van der Waals surface area contributed by atoms with Gasteiger partial charge in [-0.1, -0.05) is 11.6 Å². The van der Waals surface area contributed by atoms with Gasteiger partial charge in [0.1, 0.15) is 11.6 Å². The van der Waals surface area contributed by atoms with Gasteiger partial charge < -0.3 is 20.3 Å². The van der Waals surface area contributed by atoms with E-state index in [0.717, 1.165) is 25.1 Å². The minimum Gasteiger partial charge on any atom is -0.404 e. The number of nitrogens with zero attached hydrogens (tertiary/aromatic N) is 3. The fourth-order valence-corrected chi connectivity index (χ4v) is 2.40. The molecule has 1 aromatic carbocycles. The van der Waals surface area contributed by atoms with Crippen molar-refractivity contribution in [3.8, 4) is 5.75 Å². The lowest BCUT2D eigenvalue weighted by Gasteiger charge is -2.12. The Morgan fingerprint density at radius 3 is 2.66 bits per heavy atom. The first-order valence-corrected chi connectivity index (χ1v) is 8.85. The summed E-state index contributed by atoms with van der Waals surface area (Å²) < 4.78 is 40.5. The van der Waals surface area contributed by atoms with Gasteiger partial charge in [-0.15, -0.1) is 13.2 Å². The summed E-state index contributed by atoms with van der Waals surface area (Å²) >= 11 is 5.75. The Bertz CT molecular complexity index is 835. The zero-order valence-corrected chi connectivity index (χ0v) is 16.4. The predicted molar refractivity (Wildman–Crippen MR) is 104 cm³/mol. The molecule has 0 atom stereocenters. The number of carbonyl (C=O) groups is 1. The van der Waals surface area contributed by atoms with Crippen molar-refractivity contribution in [1.82, 2.24) is 14.9 Å². The van der Waals surface area contributed by atoms with Crippen LogP contribution in [0.1, 0.15) is 6.42 Å². The van der Waals surface area contributed by atoms with Crippen LogP contribution in [0.4, 0.5) is 35.4 Å². The number of benzene rings is 1. The number of hydrogen-bond acceptors (Lipinski definition) is 6. The Labute approximate surface area is 170 Å². The third kappa shape index (κ3) is 8.40. The van der Waals surface area contributed by atoms with Crippen LogP contribution in [0.5, 0.6) is 5.75 Å². The molecule has 0 aliphatic heterocycles. The number of rotatable bonds is 8. The largest absolute Gasteiger partial charge is 0.573 e. The topological polar surface area (TPSA) is 91.4 Å². The van der Waals surface area contributed by atoms with Crippen LogP contribution in [-0.4, -0.2) is 54.4 Å². The van der Waals surface area contributed by atoms with E-state index in [1.807, 2.05) is 14.1 Å². The third-order valence-electron chi connectivity index (χ3n) is 3.38. The molecule has 0 spiro atoms. The molecule has 8 nitrogen and oxygen atoms in total. The number of hydrogen-bond donors (Lipinski definition) is 3. The minimum absolute atomic E-state index is 0.0585. The van der Waals surface area contributed by atoms with E-state index in [1.165, 1.54) is 12.3 Å². The first-order valence-electron chi connectivity index (χ1n) is 8.47. The molecular formula is C17H20ClF3N6O2. The Balaban J connectivity index is 1.90. The SMILES string of the molecule is CN(C)CCCNc1ccnc(NC(=O)Nc2ccc(OC(F)(F)F)c(Cl)c2)n1. The van der Waals surface area contributed by atoms with Gasteiger partial charge in [0, 0.05) is 18.4 Å². The Morgan fingerprint density at radius 2 is 2.00 bits per heavy atom. The van der Waals surface area contributed by atoms with E-state index in [9.17, 15) is 18.0 Å². The van der Waals surface area contributed by atoms with Crippen LogP contribution in [0.3, 0.4) is 0 Å². The van der Waals surface area contributed by atoms with Crippen molar-refractivity contribution in [3.63, 3.8) is 0 Å². The highest BCUT2D eigenvalue weighted by molar-refractivity contribution is 6.32. The van der Waals surface area contributed by atoms with Gasteiger partial charge in [-0.05, 0) is 51.3 Å². The molecule has 2 rings (SSSR count). The summed E-state index contributed by atoms with van der Waals surface area (Å²) in [6.07, 6.45) is -2.47. The molecule has 158 valence electrons. The Kier molecular flexibility index (Phi) is 7.85. The molecule has 12 heteroatoms. The standard InChI is InChI=1S/C17H20ClF3N6O2/c1-27(2)9-3-7-22-14-6-8-23-15(25-14)26-16(28)24-11-4-5-13(12(18)10-11)29-17(19,20)21/h4-6,8,10H,3,7,9H2,1-2H3,(H3,22,23,24,25,26,28). The van der Waals surface area contributed by atoms with Crippen molar-refractivity contribution in [2.45, 2.75) is 12.8 Å². The van der Waals surface area contributed by atoms with Crippen molar-refractivity contribution in [2.24, 2.45) is 0 Å². The molecule has 2 amide bonds. The Hall–Kier alpha value is -2.79. The number of carbonyl (C=O) groups excluding carboxylic acids is 1. The van der Waals surface area contributed by atoms with Crippen LogP contribution in [-0.2, 0) is 0 Å². The van der Waals surface area contributed by atoms with E-state index in [2.05, 4.69) is 35.6 Å². The maximum Gasteiger partial charge on any atom is 0.573 e. The molecule has 0 saturated heterocycles. The smallest absolute Gasteiger partial charge is 0.404 e. The number of aromatic nitrogens is 2. The molecule has 0 fully saturated rings. The number of urea groups is 1. The van der Waals surface area contributed by atoms with Crippen molar-refractivity contribution in [2.75, 3.05) is 43.1 Å². The average molecular weight is 433 g/mol. The van der Waals surface area contributed by atoms with Gasteiger partial charge in [-0.3, -0.25) is 5.32 Å². The summed E-state index contributed by atoms with van der Waals surface area (Å²) in [6, 6.07) is 4.33. The molecule has 0 unspecified atom stereocenters. The lowest BCUT2D eigenvalue weighted by molar-refractivity contribution is -0.274. The van der Waals surface area contributed by atoms with Gasteiger partial charge in [-0.25, -0.2) is 9.78 Å². The van der Waals surface area contributed by atoms with Gasteiger partial charge >= 0.3 is 12.4 Å². The van der Waals surface area contributed by atoms with Crippen LogP contribution < -0.4 is 20.7 Å². The van der Waals surface area contributed by atoms with E-state index in [0.29, 0.717) is 12.4 Å². The van der Waals surface area contributed by atoms with Gasteiger partial charge in [0.2, 0.25) is 5.95 Å². The predicted octanol–water partition coefficient (Wildman–Crippen LogP) is 4.04. The van der Waals surface area contributed by atoms with Crippen molar-refractivity contribution < 1.29 is 22.7 Å². The van der Waals surface area contributed by atoms with Gasteiger partial charge in [0.15, 0.2) is 0 Å². The van der Waals surface area contributed by atoms with Crippen molar-refractivity contribution >= 4 is 35.1 Å². The van der Waals surface area contributed by atoms with Crippen LogP contribution in [0.25, 0.3) is 0 Å². The molecular weight excluding hydrogens is 413 g/mol. The monoisotopic (exact) mass is 432 g/mol. The quantitative estimate of drug-likeness (QED) is 0.545. The molecule has 2 aromatic rings. The van der Waals surface area contributed by atoms with Gasteiger partial charge in [-0.2, -0.15) is 4.98 Å². The summed E-state index contributed by atoms with van der Waals surface area (Å²) in [5.41, 5.74) is 0.167. The summed E-state index contributed by atoms with van der Waals surface area (Å²) in [7, 11) is 3.96. The van der Waals surface area contributed by atoms with Crippen LogP contribution in [0.15, 0.2) is 30.5 Å². The van der Waals surface area contributed by atoms with Crippen molar-refractivity contribution in [1.29, 1.82) is 0 Å². The van der Waals surface area contributed by atoms with E-state index in [4.69, 9.17) is 11.6 Å². The summed E-state index contributed by atoms with van der Waals surface area (Å²) in [6.45, 7) is 1.62. The van der Waals surface area contributed by atoms with Crippen LogP contribution in [0.2, 0.25) is 5.02 Å². The number of ether oxygens (including phenoxy) is 1. The fourth-order valence-electron chi connectivity index (χ4n) is 2.18. The van der Waals surface area contributed by atoms with E-state index < -0.39 is 18.1 Å². The first kappa shape index (κ1) is 22.5. The maximum atomic E-state index is 12.3. The number of nitrogens with one attached hydrogen (secondary N) is 3. The first-order chi connectivity index (χ1) is 13.6. The molecule has 0 radical (unpaired) electrons. The second-order valence-electron chi connectivity index (χ2n) is 6.12. The maximum absolute atomic E-state index is 12.3. The Morgan fingerprint density at radius 1 is 1.24 bits per heavy atom. The number of alkyl halides is 3. The molecule has 1 aromatic heterocycles. The highest BCUT2D eigenvalue weighted by Gasteiger charge is 2.32. The lowest BCUT2D eigenvalue weighted by atomic mass is 10.3. The van der Waals surface area contributed by atoms with Crippen LogP contribution >= 0.6 is 11.6 Å². The molecule has 0 aliphatic carbocycles.